The number of nitrogen functional groups attached to an aromatic ring is 1. The van der Waals surface area contributed by atoms with Crippen molar-refractivity contribution < 1.29 is 9.47 Å². The maximum atomic E-state index is 6.01. The summed E-state index contributed by atoms with van der Waals surface area (Å²) >= 11 is 0. The first-order valence-electron chi connectivity index (χ1n) is 7.85. The number of nitrogens with two attached hydrogens (primary N) is 1. The number of ether oxygens (including phenoxy) is 2. The first-order valence-corrected chi connectivity index (χ1v) is 7.85. The molecule has 1 aliphatic rings. The zero-order chi connectivity index (χ0) is 16.4. The molecule has 1 aliphatic heterocycles. The van der Waals surface area contributed by atoms with Crippen LogP contribution in [0.3, 0.4) is 0 Å². The molecular formula is C19H17N3O2. The minimum absolute atomic E-state index is 0.458. The molecule has 5 nitrogen and oxygen atoms in total. The molecule has 2 aromatic carbocycles. The van der Waals surface area contributed by atoms with Crippen molar-refractivity contribution in [3.63, 3.8) is 0 Å². The molecule has 0 spiro atoms. The number of benzene rings is 2. The molecule has 0 amide bonds. The summed E-state index contributed by atoms with van der Waals surface area (Å²) in [5.74, 6) is 1.96. The third-order valence-corrected chi connectivity index (χ3v) is 3.93. The van der Waals surface area contributed by atoms with Crippen LogP contribution >= 0.6 is 0 Å². The quantitative estimate of drug-likeness (QED) is 0.803. The van der Waals surface area contributed by atoms with Crippen molar-refractivity contribution in [3.8, 4) is 22.8 Å². The van der Waals surface area contributed by atoms with E-state index in [1.54, 1.807) is 6.20 Å². The van der Waals surface area contributed by atoms with E-state index in [1.165, 1.54) is 0 Å². The Bertz CT molecular complexity index is 866. The highest BCUT2D eigenvalue weighted by Gasteiger charge is 2.14. The molecule has 4 rings (SSSR count). The normalized spacial score (nSPS) is 12.8. The fourth-order valence-electron chi connectivity index (χ4n) is 2.70. The second-order valence-corrected chi connectivity index (χ2v) is 5.61. The van der Waals surface area contributed by atoms with Gasteiger partial charge in [-0.15, -0.1) is 0 Å². The number of aromatic nitrogens is 2. The van der Waals surface area contributed by atoms with E-state index in [-0.39, 0.29) is 0 Å². The number of anilines is 1. The second-order valence-electron chi connectivity index (χ2n) is 5.61. The number of hydrogen-bond acceptors (Lipinski definition) is 5. The summed E-state index contributed by atoms with van der Waals surface area (Å²) in [6.45, 7) is 1.14. The fourth-order valence-corrected chi connectivity index (χ4v) is 2.70. The van der Waals surface area contributed by atoms with Crippen molar-refractivity contribution >= 4 is 5.82 Å². The summed E-state index contributed by atoms with van der Waals surface area (Å²) in [6.07, 6.45) is 2.34. The lowest BCUT2D eigenvalue weighted by Gasteiger charge is -2.18. The summed E-state index contributed by atoms with van der Waals surface area (Å²) < 4.78 is 11.2. The van der Waals surface area contributed by atoms with Crippen LogP contribution in [0, 0.1) is 0 Å². The van der Waals surface area contributed by atoms with Crippen molar-refractivity contribution in [2.24, 2.45) is 0 Å². The van der Waals surface area contributed by atoms with Crippen molar-refractivity contribution in [3.05, 3.63) is 66.0 Å². The summed E-state index contributed by atoms with van der Waals surface area (Å²) in [4.78, 5) is 9.01. The maximum absolute atomic E-state index is 6.01. The van der Waals surface area contributed by atoms with Crippen LogP contribution in [0.4, 0.5) is 5.82 Å². The second kappa shape index (κ2) is 6.20. The molecule has 1 aromatic heterocycles. The fraction of sp³-hybridized carbons (Fsp3) is 0.158. The van der Waals surface area contributed by atoms with Gasteiger partial charge in [0, 0.05) is 12.0 Å². The first kappa shape index (κ1) is 14.5. The third kappa shape index (κ3) is 2.88. The average Bonchev–Trinajstić information content (AvgIpc) is 2.64. The monoisotopic (exact) mass is 319 g/mol. The third-order valence-electron chi connectivity index (χ3n) is 3.93. The SMILES string of the molecule is Nc1ncc(-c2ccc3c(c2)OCCO3)nc1Cc1ccccc1. The van der Waals surface area contributed by atoms with Crippen LogP contribution in [0.25, 0.3) is 11.3 Å². The van der Waals surface area contributed by atoms with Gasteiger partial charge in [-0.1, -0.05) is 30.3 Å². The molecule has 0 unspecified atom stereocenters. The van der Waals surface area contributed by atoms with Crippen LogP contribution in [0.15, 0.2) is 54.7 Å². The summed E-state index contributed by atoms with van der Waals surface area (Å²) in [5, 5.41) is 0. The van der Waals surface area contributed by atoms with Crippen molar-refractivity contribution in [2.45, 2.75) is 6.42 Å². The van der Waals surface area contributed by atoms with E-state index in [0.717, 1.165) is 34.0 Å². The Morgan fingerprint density at radius 2 is 1.75 bits per heavy atom. The Hall–Kier alpha value is -3.08. The number of nitrogens with zero attached hydrogens (tertiary/aromatic N) is 2. The van der Waals surface area contributed by atoms with Gasteiger partial charge in [-0.3, -0.25) is 0 Å². The summed E-state index contributed by atoms with van der Waals surface area (Å²) in [5.41, 5.74) is 9.63. The van der Waals surface area contributed by atoms with Gasteiger partial charge in [-0.25, -0.2) is 9.97 Å². The predicted molar refractivity (Wildman–Crippen MR) is 92.1 cm³/mol. The van der Waals surface area contributed by atoms with Gasteiger partial charge >= 0.3 is 0 Å². The summed E-state index contributed by atoms with van der Waals surface area (Å²) in [7, 11) is 0. The van der Waals surface area contributed by atoms with Gasteiger partial charge in [-0.05, 0) is 23.8 Å². The molecule has 0 radical (unpaired) electrons. The highest BCUT2D eigenvalue weighted by Crippen LogP contribution is 2.34. The molecule has 24 heavy (non-hydrogen) atoms. The Labute approximate surface area is 140 Å². The highest BCUT2D eigenvalue weighted by atomic mass is 16.6. The van der Waals surface area contributed by atoms with Gasteiger partial charge in [0.1, 0.15) is 19.0 Å². The lowest BCUT2D eigenvalue weighted by Crippen LogP contribution is -2.15. The molecule has 3 aromatic rings. The van der Waals surface area contributed by atoms with Crippen LogP contribution in [0.5, 0.6) is 11.5 Å². The van der Waals surface area contributed by atoms with Crippen LogP contribution in [-0.2, 0) is 6.42 Å². The Kier molecular flexibility index (Phi) is 3.75. The van der Waals surface area contributed by atoms with Crippen molar-refractivity contribution in [1.82, 2.24) is 9.97 Å². The lowest BCUT2D eigenvalue weighted by molar-refractivity contribution is 0.171. The minimum atomic E-state index is 0.458. The molecule has 0 saturated heterocycles. The zero-order valence-electron chi connectivity index (χ0n) is 13.1. The molecule has 0 fully saturated rings. The van der Waals surface area contributed by atoms with Crippen LogP contribution < -0.4 is 15.2 Å². The Morgan fingerprint density at radius 1 is 0.958 bits per heavy atom. The highest BCUT2D eigenvalue weighted by molar-refractivity contribution is 5.64. The van der Waals surface area contributed by atoms with Crippen LogP contribution in [-0.4, -0.2) is 23.2 Å². The van der Waals surface area contributed by atoms with E-state index in [4.69, 9.17) is 20.2 Å². The molecule has 0 saturated carbocycles. The zero-order valence-corrected chi connectivity index (χ0v) is 13.1. The van der Waals surface area contributed by atoms with E-state index in [0.29, 0.717) is 25.5 Å². The number of fused-ring (bicyclic) bond motifs is 1. The lowest BCUT2D eigenvalue weighted by atomic mass is 10.1. The standard InChI is InChI=1S/C19H17N3O2/c20-19-15(10-13-4-2-1-3-5-13)22-16(12-21-19)14-6-7-17-18(11-14)24-9-8-23-17/h1-7,11-12H,8-10H2,(H2,20,21). The Balaban J connectivity index is 1.68. The van der Waals surface area contributed by atoms with Crippen molar-refractivity contribution in [2.75, 3.05) is 18.9 Å². The van der Waals surface area contributed by atoms with Gasteiger partial charge in [-0.2, -0.15) is 0 Å². The van der Waals surface area contributed by atoms with E-state index in [1.807, 2.05) is 36.4 Å². The minimum Gasteiger partial charge on any atom is -0.486 e. The number of rotatable bonds is 3. The van der Waals surface area contributed by atoms with Crippen molar-refractivity contribution in [1.29, 1.82) is 0 Å². The van der Waals surface area contributed by atoms with E-state index >= 15 is 0 Å². The molecule has 2 N–H and O–H groups in total. The molecule has 0 atom stereocenters. The largest absolute Gasteiger partial charge is 0.486 e. The number of hydrogen-bond donors (Lipinski definition) is 1. The Morgan fingerprint density at radius 3 is 2.58 bits per heavy atom. The predicted octanol–water partition coefficient (Wildman–Crippen LogP) is 3.09. The molecule has 0 bridgehead atoms. The van der Waals surface area contributed by atoms with E-state index < -0.39 is 0 Å². The smallest absolute Gasteiger partial charge is 0.162 e. The molecule has 5 heteroatoms. The average molecular weight is 319 g/mol. The van der Waals surface area contributed by atoms with E-state index in [9.17, 15) is 0 Å². The molecule has 2 heterocycles. The van der Waals surface area contributed by atoms with Gasteiger partial charge in [0.2, 0.25) is 0 Å². The molecule has 0 aliphatic carbocycles. The molecular weight excluding hydrogens is 302 g/mol. The topological polar surface area (TPSA) is 70.3 Å². The first-order chi connectivity index (χ1) is 11.8. The van der Waals surface area contributed by atoms with E-state index in [2.05, 4.69) is 17.1 Å². The summed E-state index contributed by atoms with van der Waals surface area (Å²) in [6, 6.07) is 15.9. The molecule has 120 valence electrons. The van der Waals surface area contributed by atoms with Gasteiger partial charge in [0.15, 0.2) is 11.5 Å². The van der Waals surface area contributed by atoms with Crippen LogP contribution in [0.2, 0.25) is 0 Å². The van der Waals surface area contributed by atoms with Gasteiger partial charge in [0.05, 0.1) is 17.6 Å². The van der Waals surface area contributed by atoms with Crippen LogP contribution in [0.1, 0.15) is 11.3 Å². The van der Waals surface area contributed by atoms with Gasteiger partial charge in [0.25, 0.3) is 0 Å². The van der Waals surface area contributed by atoms with Gasteiger partial charge < -0.3 is 15.2 Å². The maximum Gasteiger partial charge on any atom is 0.162 e.